The Labute approximate surface area is 142 Å². The van der Waals surface area contributed by atoms with E-state index in [1.54, 1.807) is 6.92 Å². The molecule has 0 aromatic heterocycles. The van der Waals surface area contributed by atoms with E-state index in [0.717, 1.165) is 11.1 Å². The molecular weight excluding hydrogens is 308 g/mol. The Hall–Kier alpha value is -2.37. The van der Waals surface area contributed by atoms with E-state index in [0.29, 0.717) is 6.42 Å². The maximum Gasteiger partial charge on any atom is 0.326 e. The van der Waals surface area contributed by atoms with Crippen molar-refractivity contribution in [3.8, 4) is 0 Å². The summed E-state index contributed by atoms with van der Waals surface area (Å²) in [6.07, 6.45) is 0.632. The maximum atomic E-state index is 12.3. The molecule has 6 nitrogen and oxygen atoms in total. The fraction of sp³-hybridized carbons (Fsp3) is 0.500. The van der Waals surface area contributed by atoms with Crippen molar-refractivity contribution in [2.24, 2.45) is 5.92 Å². The third-order valence-electron chi connectivity index (χ3n) is 4.04. The summed E-state index contributed by atoms with van der Waals surface area (Å²) in [7, 11) is 0. The molecule has 0 aliphatic rings. The fourth-order valence-electron chi connectivity index (χ4n) is 2.40. The second kappa shape index (κ2) is 9.05. The normalized spacial score (nSPS) is 14.3. The smallest absolute Gasteiger partial charge is 0.326 e. The summed E-state index contributed by atoms with van der Waals surface area (Å²) in [6.45, 7) is 7.00. The summed E-state index contributed by atoms with van der Waals surface area (Å²) in [5.74, 6) is -1.87. The first-order valence-electron chi connectivity index (χ1n) is 8.10. The molecule has 0 saturated heterocycles. The standard InChI is InChI=1S/C18H26N2O4/c1-5-12(3)17(18(23)24)20-16(22)10-15(19-13(4)21)14-8-6-11(2)7-9-14/h6-9,12,15,17H,5,10H2,1-4H3,(H,19,21)(H,20,22)(H,23,24). The monoisotopic (exact) mass is 334 g/mol. The lowest BCUT2D eigenvalue weighted by molar-refractivity contribution is -0.143. The minimum Gasteiger partial charge on any atom is -0.480 e. The van der Waals surface area contributed by atoms with Crippen LogP contribution in [0.1, 0.15) is 50.8 Å². The van der Waals surface area contributed by atoms with Gasteiger partial charge >= 0.3 is 5.97 Å². The molecule has 3 unspecified atom stereocenters. The molecule has 6 heteroatoms. The van der Waals surface area contributed by atoms with Crippen LogP contribution in [0.25, 0.3) is 0 Å². The molecule has 3 N–H and O–H groups in total. The fourth-order valence-corrected chi connectivity index (χ4v) is 2.40. The predicted molar refractivity (Wildman–Crippen MR) is 91.4 cm³/mol. The van der Waals surface area contributed by atoms with Crippen molar-refractivity contribution >= 4 is 17.8 Å². The van der Waals surface area contributed by atoms with Crippen molar-refractivity contribution in [1.82, 2.24) is 10.6 Å². The Morgan fingerprint density at radius 1 is 1.12 bits per heavy atom. The van der Waals surface area contributed by atoms with Crippen molar-refractivity contribution in [3.63, 3.8) is 0 Å². The summed E-state index contributed by atoms with van der Waals surface area (Å²) in [6, 6.07) is 6.09. The summed E-state index contributed by atoms with van der Waals surface area (Å²) in [5, 5.41) is 14.6. The van der Waals surface area contributed by atoms with E-state index in [1.165, 1.54) is 6.92 Å². The molecule has 0 heterocycles. The van der Waals surface area contributed by atoms with Crippen molar-refractivity contribution in [2.75, 3.05) is 0 Å². The molecule has 24 heavy (non-hydrogen) atoms. The van der Waals surface area contributed by atoms with E-state index in [4.69, 9.17) is 0 Å². The number of carbonyl (C=O) groups is 3. The lowest BCUT2D eigenvalue weighted by atomic mass is 9.98. The summed E-state index contributed by atoms with van der Waals surface area (Å²) >= 11 is 0. The topological polar surface area (TPSA) is 95.5 Å². The Bertz CT molecular complexity index is 583. The van der Waals surface area contributed by atoms with Crippen LogP contribution in [0, 0.1) is 12.8 Å². The van der Waals surface area contributed by atoms with Gasteiger partial charge in [-0.2, -0.15) is 0 Å². The number of aliphatic carboxylic acids is 1. The first kappa shape index (κ1) is 19.7. The first-order valence-corrected chi connectivity index (χ1v) is 8.10. The van der Waals surface area contributed by atoms with Crippen LogP contribution in [0.5, 0.6) is 0 Å². The van der Waals surface area contributed by atoms with Gasteiger partial charge in [-0.25, -0.2) is 4.79 Å². The number of rotatable bonds is 8. The molecule has 0 saturated carbocycles. The third kappa shape index (κ3) is 6.02. The number of carboxylic acids is 1. The van der Waals surface area contributed by atoms with Gasteiger partial charge in [0.15, 0.2) is 0 Å². The number of carbonyl (C=O) groups excluding carboxylic acids is 2. The number of hydrogen-bond acceptors (Lipinski definition) is 3. The van der Waals surface area contributed by atoms with Gasteiger partial charge in [-0.05, 0) is 18.4 Å². The molecule has 0 spiro atoms. The van der Waals surface area contributed by atoms with Gasteiger partial charge in [0.1, 0.15) is 6.04 Å². The van der Waals surface area contributed by atoms with E-state index in [1.807, 2.05) is 38.1 Å². The zero-order valence-electron chi connectivity index (χ0n) is 14.6. The van der Waals surface area contributed by atoms with Gasteiger partial charge in [0.25, 0.3) is 0 Å². The number of aryl methyl sites for hydroxylation is 1. The number of nitrogens with one attached hydrogen (secondary N) is 2. The van der Waals surface area contributed by atoms with Crippen LogP contribution in [0.2, 0.25) is 0 Å². The van der Waals surface area contributed by atoms with Gasteiger partial charge in [0.05, 0.1) is 12.5 Å². The van der Waals surface area contributed by atoms with E-state index < -0.39 is 24.0 Å². The molecule has 1 aromatic carbocycles. The number of carboxylic acid groups (broad SMARTS) is 1. The number of hydrogen-bond donors (Lipinski definition) is 3. The van der Waals surface area contributed by atoms with Gasteiger partial charge in [-0.1, -0.05) is 50.1 Å². The van der Waals surface area contributed by atoms with E-state index in [-0.39, 0.29) is 18.2 Å². The molecule has 0 aliphatic carbocycles. The van der Waals surface area contributed by atoms with E-state index >= 15 is 0 Å². The minimum absolute atomic E-state index is 0.0111. The second-order valence-electron chi connectivity index (χ2n) is 6.14. The van der Waals surface area contributed by atoms with Crippen LogP contribution in [0.4, 0.5) is 0 Å². The van der Waals surface area contributed by atoms with Gasteiger partial charge in [0.2, 0.25) is 11.8 Å². The lowest BCUT2D eigenvalue weighted by Gasteiger charge is -2.23. The predicted octanol–water partition coefficient (Wildman–Crippen LogP) is 2.18. The number of benzene rings is 1. The van der Waals surface area contributed by atoms with Crippen LogP contribution in [-0.2, 0) is 14.4 Å². The maximum absolute atomic E-state index is 12.3. The van der Waals surface area contributed by atoms with Gasteiger partial charge in [-0.15, -0.1) is 0 Å². The summed E-state index contributed by atoms with van der Waals surface area (Å²) in [5.41, 5.74) is 1.88. The van der Waals surface area contributed by atoms with E-state index in [9.17, 15) is 19.5 Å². The highest BCUT2D eigenvalue weighted by molar-refractivity contribution is 5.84. The van der Waals surface area contributed by atoms with Crippen molar-refractivity contribution < 1.29 is 19.5 Å². The molecule has 2 amide bonds. The number of amides is 2. The molecule has 0 fully saturated rings. The quantitative estimate of drug-likeness (QED) is 0.679. The Kier molecular flexibility index (Phi) is 7.42. The Morgan fingerprint density at radius 2 is 1.71 bits per heavy atom. The third-order valence-corrected chi connectivity index (χ3v) is 4.04. The van der Waals surface area contributed by atoms with Crippen molar-refractivity contribution in [3.05, 3.63) is 35.4 Å². The molecule has 1 aromatic rings. The SMILES string of the molecule is CCC(C)C(NC(=O)CC(NC(C)=O)c1ccc(C)cc1)C(=O)O. The van der Waals surface area contributed by atoms with Crippen molar-refractivity contribution in [2.45, 2.75) is 52.6 Å². The first-order chi connectivity index (χ1) is 11.2. The lowest BCUT2D eigenvalue weighted by Crippen LogP contribution is -2.46. The molecule has 0 radical (unpaired) electrons. The average molecular weight is 334 g/mol. The highest BCUT2D eigenvalue weighted by atomic mass is 16.4. The zero-order valence-corrected chi connectivity index (χ0v) is 14.6. The Balaban J connectivity index is 2.85. The Morgan fingerprint density at radius 3 is 2.17 bits per heavy atom. The molecule has 0 bridgehead atoms. The summed E-state index contributed by atoms with van der Waals surface area (Å²) < 4.78 is 0. The average Bonchev–Trinajstić information content (AvgIpc) is 2.51. The second-order valence-corrected chi connectivity index (χ2v) is 6.14. The zero-order chi connectivity index (χ0) is 18.3. The van der Waals surface area contributed by atoms with Crippen LogP contribution >= 0.6 is 0 Å². The highest BCUT2D eigenvalue weighted by Crippen LogP contribution is 2.18. The van der Waals surface area contributed by atoms with Crippen LogP contribution in [0.15, 0.2) is 24.3 Å². The summed E-state index contributed by atoms with van der Waals surface area (Å²) in [4.78, 5) is 35.0. The molecular formula is C18H26N2O4. The van der Waals surface area contributed by atoms with Crippen molar-refractivity contribution in [1.29, 1.82) is 0 Å². The highest BCUT2D eigenvalue weighted by Gasteiger charge is 2.26. The van der Waals surface area contributed by atoms with Crippen LogP contribution < -0.4 is 10.6 Å². The molecule has 0 aliphatic heterocycles. The van der Waals surface area contributed by atoms with Gasteiger partial charge in [-0.3, -0.25) is 9.59 Å². The molecule has 1 rings (SSSR count). The van der Waals surface area contributed by atoms with Crippen LogP contribution in [0.3, 0.4) is 0 Å². The van der Waals surface area contributed by atoms with E-state index in [2.05, 4.69) is 10.6 Å². The largest absolute Gasteiger partial charge is 0.480 e. The van der Waals surface area contributed by atoms with Crippen LogP contribution in [-0.4, -0.2) is 28.9 Å². The molecule has 3 atom stereocenters. The minimum atomic E-state index is -1.05. The van der Waals surface area contributed by atoms with Gasteiger partial charge < -0.3 is 15.7 Å². The molecule has 132 valence electrons. The van der Waals surface area contributed by atoms with Gasteiger partial charge in [0, 0.05) is 6.92 Å².